The fourth-order valence-corrected chi connectivity index (χ4v) is 2.57. The van der Waals surface area contributed by atoms with Crippen molar-refractivity contribution in [1.82, 2.24) is 5.32 Å². The Morgan fingerprint density at radius 1 is 1.17 bits per heavy atom. The Morgan fingerprint density at radius 2 is 2.00 bits per heavy atom. The Hall–Kier alpha value is -2.29. The van der Waals surface area contributed by atoms with Crippen LogP contribution < -0.4 is 10.1 Å². The van der Waals surface area contributed by atoms with Crippen LogP contribution in [-0.2, 0) is 0 Å². The van der Waals surface area contributed by atoms with E-state index in [9.17, 15) is 0 Å². The van der Waals surface area contributed by atoms with E-state index in [0.717, 1.165) is 17.2 Å². The monoisotopic (exact) mass is 236 g/mol. The first-order valence-corrected chi connectivity index (χ1v) is 6.07. The van der Waals surface area contributed by atoms with Crippen LogP contribution in [0.15, 0.2) is 47.1 Å². The Bertz CT molecular complexity index is 710. The van der Waals surface area contributed by atoms with Gasteiger partial charge in [-0.2, -0.15) is 0 Å². The number of ether oxygens (including phenoxy) is 1. The molecule has 2 aliphatic heterocycles. The van der Waals surface area contributed by atoms with Crippen molar-refractivity contribution in [2.75, 3.05) is 0 Å². The van der Waals surface area contributed by atoms with E-state index in [0.29, 0.717) is 0 Å². The number of hydrogen-bond acceptors (Lipinski definition) is 3. The van der Waals surface area contributed by atoms with Gasteiger partial charge in [-0.3, -0.25) is 4.99 Å². The minimum absolute atomic E-state index is 0.0906. The average molecular weight is 236 g/mol. The molecule has 88 valence electrons. The maximum Gasteiger partial charge on any atom is 0.169 e. The van der Waals surface area contributed by atoms with Crippen LogP contribution >= 0.6 is 0 Å². The van der Waals surface area contributed by atoms with Crippen molar-refractivity contribution in [3.63, 3.8) is 0 Å². The smallest absolute Gasteiger partial charge is 0.169 e. The second-order valence-electron chi connectivity index (χ2n) is 4.60. The lowest BCUT2D eigenvalue weighted by Gasteiger charge is -2.27. The van der Waals surface area contributed by atoms with Gasteiger partial charge >= 0.3 is 0 Å². The number of hydrogen-bond donors (Lipinski definition) is 1. The molecule has 1 N–H and O–H groups in total. The third kappa shape index (κ3) is 1.21. The van der Waals surface area contributed by atoms with E-state index in [2.05, 4.69) is 34.6 Å². The zero-order chi connectivity index (χ0) is 12.1. The third-order valence-corrected chi connectivity index (χ3v) is 3.37. The van der Waals surface area contributed by atoms with E-state index in [1.807, 2.05) is 25.3 Å². The maximum absolute atomic E-state index is 5.92. The number of rotatable bonds is 0. The van der Waals surface area contributed by atoms with Crippen LogP contribution in [0.1, 0.15) is 12.5 Å². The second-order valence-corrected chi connectivity index (χ2v) is 4.60. The van der Waals surface area contributed by atoms with Crippen molar-refractivity contribution in [1.29, 1.82) is 0 Å². The van der Waals surface area contributed by atoms with Gasteiger partial charge in [0.15, 0.2) is 5.76 Å². The molecule has 2 heterocycles. The van der Waals surface area contributed by atoms with Crippen molar-refractivity contribution in [3.05, 3.63) is 47.7 Å². The molecule has 4 rings (SSSR count). The van der Waals surface area contributed by atoms with Crippen LogP contribution in [0.2, 0.25) is 0 Å². The quantitative estimate of drug-likeness (QED) is 0.763. The number of allylic oxidation sites excluding steroid dienone is 1. The van der Waals surface area contributed by atoms with Gasteiger partial charge in [-0.05, 0) is 18.4 Å². The van der Waals surface area contributed by atoms with Crippen LogP contribution in [-0.4, -0.2) is 12.4 Å². The third-order valence-electron chi connectivity index (χ3n) is 3.37. The van der Waals surface area contributed by atoms with Gasteiger partial charge in [0, 0.05) is 10.9 Å². The van der Waals surface area contributed by atoms with Crippen molar-refractivity contribution >= 4 is 22.7 Å². The molecular formula is C15H12N2O. The van der Waals surface area contributed by atoms with Crippen molar-refractivity contribution in [2.45, 2.75) is 13.1 Å². The van der Waals surface area contributed by atoms with E-state index in [1.165, 1.54) is 16.3 Å². The predicted octanol–water partition coefficient (Wildman–Crippen LogP) is 2.92. The first kappa shape index (κ1) is 9.71. The lowest BCUT2D eigenvalue weighted by atomic mass is 9.98. The molecule has 2 aromatic carbocycles. The first-order chi connectivity index (χ1) is 8.83. The highest BCUT2D eigenvalue weighted by molar-refractivity contribution is 6.04. The number of aliphatic imine (C=N–C) groups is 1. The second kappa shape index (κ2) is 3.35. The summed E-state index contributed by atoms with van der Waals surface area (Å²) in [4.78, 5) is 4.33. The normalized spacial score (nSPS) is 20.4. The predicted molar refractivity (Wildman–Crippen MR) is 72.6 cm³/mol. The lowest BCUT2D eigenvalue weighted by Crippen LogP contribution is -2.30. The van der Waals surface area contributed by atoms with Gasteiger partial charge in [-0.15, -0.1) is 0 Å². The molecule has 0 saturated carbocycles. The Balaban J connectivity index is 2.06. The van der Waals surface area contributed by atoms with Crippen LogP contribution in [0, 0.1) is 0 Å². The minimum atomic E-state index is 0.0906. The molecule has 2 aromatic rings. The molecule has 3 nitrogen and oxygen atoms in total. The van der Waals surface area contributed by atoms with E-state index < -0.39 is 0 Å². The molecule has 0 spiro atoms. The number of nitrogens with one attached hydrogen (secondary N) is 1. The molecule has 0 aromatic heterocycles. The Kier molecular flexibility index (Phi) is 1.81. The lowest BCUT2D eigenvalue weighted by molar-refractivity contribution is 0.449. The summed E-state index contributed by atoms with van der Waals surface area (Å²) >= 11 is 0. The highest BCUT2D eigenvalue weighted by atomic mass is 16.5. The first-order valence-electron chi connectivity index (χ1n) is 6.07. The van der Waals surface area contributed by atoms with Crippen LogP contribution in [0.3, 0.4) is 0 Å². The zero-order valence-electron chi connectivity index (χ0n) is 9.97. The van der Waals surface area contributed by atoms with Crippen molar-refractivity contribution in [2.24, 2.45) is 4.99 Å². The van der Waals surface area contributed by atoms with Crippen molar-refractivity contribution < 1.29 is 4.74 Å². The molecule has 2 aliphatic rings. The highest BCUT2D eigenvalue weighted by Crippen LogP contribution is 2.38. The molecule has 0 fully saturated rings. The molecule has 18 heavy (non-hydrogen) atoms. The van der Waals surface area contributed by atoms with Gasteiger partial charge in [0.25, 0.3) is 0 Å². The largest absolute Gasteiger partial charge is 0.453 e. The van der Waals surface area contributed by atoms with Crippen LogP contribution in [0.25, 0.3) is 16.5 Å². The highest BCUT2D eigenvalue weighted by Gasteiger charge is 2.24. The fourth-order valence-electron chi connectivity index (χ4n) is 2.57. The molecule has 0 bridgehead atoms. The van der Waals surface area contributed by atoms with Gasteiger partial charge in [-0.1, -0.05) is 30.3 Å². The van der Waals surface area contributed by atoms with Gasteiger partial charge in [-0.25, -0.2) is 0 Å². The summed E-state index contributed by atoms with van der Waals surface area (Å²) in [6, 6.07) is 12.4. The van der Waals surface area contributed by atoms with Gasteiger partial charge < -0.3 is 10.1 Å². The summed E-state index contributed by atoms with van der Waals surface area (Å²) in [6.45, 7) is 2.03. The molecule has 1 unspecified atom stereocenters. The Morgan fingerprint density at radius 3 is 2.89 bits per heavy atom. The Labute approximate surface area is 105 Å². The van der Waals surface area contributed by atoms with Gasteiger partial charge in [0.1, 0.15) is 11.9 Å². The summed E-state index contributed by atoms with van der Waals surface area (Å²) in [5.74, 6) is 1.71. The summed E-state index contributed by atoms with van der Waals surface area (Å²) in [7, 11) is 0. The van der Waals surface area contributed by atoms with Gasteiger partial charge in [0.2, 0.25) is 0 Å². The number of benzene rings is 2. The SMILES string of the molecule is CC1N=CC2=C(N1)c1cccc3cccc(c13)O2. The summed E-state index contributed by atoms with van der Waals surface area (Å²) in [5, 5.41) is 5.75. The zero-order valence-corrected chi connectivity index (χ0v) is 9.97. The molecule has 0 amide bonds. The summed E-state index contributed by atoms with van der Waals surface area (Å²) in [5.41, 5.74) is 2.24. The van der Waals surface area contributed by atoms with E-state index in [-0.39, 0.29) is 6.17 Å². The fraction of sp³-hybridized carbons (Fsp3) is 0.133. The summed E-state index contributed by atoms with van der Waals surface area (Å²) < 4.78 is 5.92. The molecule has 1 atom stereocenters. The number of nitrogens with zero attached hydrogens (tertiary/aromatic N) is 1. The average Bonchev–Trinajstić information content (AvgIpc) is 2.40. The topological polar surface area (TPSA) is 33.6 Å². The number of fused-ring (bicyclic) bond motifs is 1. The standard InChI is InChI=1S/C15H12N2O/c1-9-16-8-13-15(17-9)11-6-2-4-10-5-3-7-12(18-13)14(10)11/h2-9,17H,1H3. The maximum atomic E-state index is 5.92. The van der Waals surface area contributed by atoms with Crippen molar-refractivity contribution in [3.8, 4) is 5.75 Å². The molecule has 0 radical (unpaired) electrons. The summed E-state index contributed by atoms with van der Waals surface area (Å²) in [6.07, 6.45) is 1.90. The van der Waals surface area contributed by atoms with E-state index in [1.54, 1.807) is 0 Å². The molecule has 0 aliphatic carbocycles. The minimum Gasteiger partial charge on any atom is -0.453 e. The molecule has 0 saturated heterocycles. The van der Waals surface area contributed by atoms with Gasteiger partial charge in [0.05, 0.1) is 11.9 Å². The van der Waals surface area contributed by atoms with Crippen LogP contribution in [0.4, 0.5) is 0 Å². The van der Waals surface area contributed by atoms with E-state index in [4.69, 9.17) is 4.74 Å². The molecule has 3 heteroatoms. The van der Waals surface area contributed by atoms with Crippen LogP contribution in [0.5, 0.6) is 5.75 Å². The molecular weight excluding hydrogens is 224 g/mol. The van der Waals surface area contributed by atoms with E-state index >= 15 is 0 Å².